The summed E-state index contributed by atoms with van der Waals surface area (Å²) in [6.45, 7) is 5.15. The fourth-order valence-electron chi connectivity index (χ4n) is 1.35. The molecule has 1 aromatic carbocycles. The number of rotatable bonds is 4. The van der Waals surface area contributed by atoms with E-state index in [-0.39, 0.29) is 5.91 Å². The van der Waals surface area contributed by atoms with Crippen LogP contribution in [0.25, 0.3) is 0 Å². The van der Waals surface area contributed by atoms with Crippen molar-refractivity contribution >= 4 is 11.6 Å². The molecular formula is C12H15NO2. The lowest BCUT2D eigenvalue weighted by Crippen LogP contribution is -2.06. The zero-order valence-corrected chi connectivity index (χ0v) is 9.04. The Morgan fingerprint density at radius 3 is 2.87 bits per heavy atom. The molecule has 1 amide bonds. The minimum atomic E-state index is -0.0893. The highest BCUT2D eigenvalue weighted by Gasteiger charge is 2.03. The largest absolute Gasteiger partial charge is 0.496 e. The molecule has 15 heavy (non-hydrogen) atoms. The van der Waals surface area contributed by atoms with Gasteiger partial charge in [0.15, 0.2) is 0 Å². The number of anilines is 1. The number of carbonyl (C=O) groups is 1. The van der Waals surface area contributed by atoms with Crippen LogP contribution in [0.4, 0.5) is 5.69 Å². The van der Waals surface area contributed by atoms with Crippen LogP contribution in [0.15, 0.2) is 30.9 Å². The van der Waals surface area contributed by atoms with Crippen LogP contribution >= 0.6 is 0 Å². The van der Waals surface area contributed by atoms with Gasteiger partial charge < -0.3 is 10.1 Å². The van der Waals surface area contributed by atoms with Crippen LogP contribution in [0.3, 0.4) is 0 Å². The van der Waals surface area contributed by atoms with Gasteiger partial charge in [0.05, 0.1) is 7.11 Å². The molecule has 0 saturated heterocycles. The van der Waals surface area contributed by atoms with E-state index >= 15 is 0 Å². The second kappa shape index (κ2) is 5.20. The normalized spacial score (nSPS) is 9.47. The molecule has 0 heterocycles. The summed E-state index contributed by atoms with van der Waals surface area (Å²) in [6, 6.07) is 5.58. The highest BCUT2D eigenvalue weighted by atomic mass is 16.5. The molecule has 80 valence electrons. The van der Waals surface area contributed by atoms with Crippen LogP contribution in [0, 0.1) is 0 Å². The number of ether oxygens (including phenoxy) is 1. The van der Waals surface area contributed by atoms with Gasteiger partial charge in [-0.1, -0.05) is 12.1 Å². The number of nitrogens with one attached hydrogen (secondary N) is 1. The summed E-state index contributed by atoms with van der Waals surface area (Å²) in [4.78, 5) is 10.9. The molecule has 1 rings (SSSR count). The number of amides is 1. The fraction of sp³-hybridized carbons (Fsp3) is 0.250. The van der Waals surface area contributed by atoms with Crippen LogP contribution in [-0.4, -0.2) is 13.0 Å². The van der Waals surface area contributed by atoms with Crippen LogP contribution in [0.2, 0.25) is 0 Å². The zero-order valence-electron chi connectivity index (χ0n) is 9.04. The molecule has 0 bridgehead atoms. The topological polar surface area (TPSA) is 38.3 Å². The molecule has 3 nitrogen and oxygen atoms in total. The van der Waals surface area contributed by atoms with Crippen LogP contribution < -0.4 is 10.1 Å². The van der Waals surface area contributed by atoms with Gasteiger partial charge in [-0.15, -0.1) is 6.58 Å². The van der Waals surface area contributed by atoms with Gasteiger partial charge in [-0.2, -0.15) is 0 Å². The van der Waals surface area contributed by atoms with Gasteiger partial charge >= 0.3 is 0 Å². The van der Waals surface area contributed by atoms with E-state index in [9.17, 15) is 4.79 Å². The third kappa shape index (κ3) is 3.13. The smallest absolute Gasteiger partial charge is 0.221 e. The second-order valence-electron chi connectivity index (χ2n) is 3.20. The molecule has 1 N–H and O–H groups in total. The summed E-state index contributed by atoms with van der Waals surface area (Å²) in [5.74, 6) is 0.676. The van der Waals surface area contributed by atoms with Crippen LogP contribution in [-0.2, 0) is 11.2 Å². The first-order valence-corrected chi connectivity index (χ1v) is 4.72. The zero-order chi connectivity index (χ0) is 11.3. The predicted octanol–water partition coefficient (Wildman–Crippen LogP) is 2.38. The first-order chi connectivity index (χ1) is 7.17. The van der Waals surface area contributed by atoms with Crippen molar-refractivity contribution < 1.29 is 9.53 Å². The summed E-state index contributed by atoms with van der Waals surface area (Å²) >= 11 is 0. The number of allylic oxidation sites excluding steroid dienone is 1. The molecule has 3 heteroatoms. The third-order valence-electron chi connectivity index (χ3n) is 1.97. The van der Waals surface area contributed by atoms with Crippen molar-refractivity contribution in [3.8, 4) is 5.75 Å². The van der Waals surface area contributed by atoms with E-state index in [0.717, 1.165) is 23.4 Å². The minimum Gasteiger partial charge on any atom is -0.496 e. The highest BCUT2D eigenvalue weighted by Crippen LogP contribution is 2.23. The van der Waals surface area contributed by atoms with Crippen molar-refractivity contribution in [3.05, 3.63) is 36.4 Å². The maximum absolute atomic E-state index is 10.9. The van der Waals surface area contributed by atoms with E-state index in [2.05, 4.69) is 11.9 Å². The average Bonchev–Trinajstić information content (AvgIpc) is 2.20. The van der Waals surface area contributed by atoms with Gasteiger partial charge in [0, 0.05) is 18.7 Å². The van der Waals surface area contributed by atoms with Gasteiger partial charge in [-0.05, 0) is 18.1 Å². The minimum absolute atomic E-state index is 0.0893. The van der Waals surface area contributed by atoms with Crippen molar-refractivity contribution in [2.24, 2.45) is 0 Å². The molecule has 0 radical (unpaired) electrons. The highest BCUT2D eigenvalue weighted by molar-refractivity contribution is 5.88. The van der Waals surface area contributed by atoms with Crippen molar-refractivity contribution in [1.29, 1.82) is 0 Å². The Bertz CT molecular complexity index is 372. The SMILES string of the molecule is C=CCc1ccc(NC(C)=O)cc1OC. The fourth-order valence-corrected chi connectivity index (χ4v) is 1.35. The average molecular weight is 205 g/mol. The van der Waals surface area contributed by atoms with Gasteiger partial charge in [-0.3, -0.25) is 4.79 Å². The molecule has 0 saturated carbocycles. The first kappa shape index (κ1) is 11.3. The Kier molecular flexibility index (Phi) is 3.92. The van der Waals surface area contributed by atoms with Gasteiger partial charge in [0.1, 0.15) is 5.75 Å². The van der Waals surface area contributed by atoms with Gasteiger partial charge in [0.2, 0.25) is 5.91 Å². The summed E-state index contributed by atoms with van der Waals surface area (Å²) in [5, 5.41) is 2.70. The molecule has 0 aliphatic heterocycles. The molecule has 0 fully saturated rings. The number of hydrogen-bond acceptors (Lipinski definition) is 2. The van der Waals surface area contributed by atoms with Crippen molar-refractivity contribution in [3.63, 3.8) is 0 Å². The summed E-state index contributed by atoms with van der Waals surface area (Å²) < 4.78 is 5.22. The van der Waals surface area contributed by atoms with E-state index in [1.54, 1.807) is 13.2 Å². The number of carbonyl (C=O) groups excluding carboxylic acids is 1. The summed E-state index contributed by atoms with van der Waals surface area (Å²) in [6.07, 6.45) is 2.57. The van der Waals surface area contributed by atoms with E-state index in [1.807, 2.05) is 18.2 Å². The molecule has 0 unspecified atom stereocenters. The number of hydrogen-bond donors (Lipinski definition) is 1. The van der Waals surface area contributed by atoms with Crippen LogP contribution in [0.5, 0.6) is 5.75 Å². The molecule has 0 aliphatic carbocycles. The van der Waals surface area contributed by atoms with E-state index in [0.29, 0.717) is 0 Å². The molecule has 1 aromatic rings. The Morgan fingerprint density at radius 1 is 1.60 bits per heavy atom. The Hall–Kier alpha value is -1.77. The Balaban J connectivity index is 2.96. The lowest BCUT2D eigenvalue weighted by molar-refractivity contribution is -0.114. The lowest BCUT2D eigenvalue weighted by atomic mass is 10.1. The molecule has 0 aromatic heterocycles. The molecular weight excluding hydrogens is 190 g/mol. The number of benzene rings is 1. The quantitative estimate of drug-likeness (QED) is 0.766. The molecule has 0 atom stereocenters. The second-order valence-corrected chi connectivity index (χ2v) is 3.20. The van der Waals surface area contributed by atoms with E-state index < -0.39 is 0 Å². The van der Waals surface area contributed by atoms with E-state index in [4.69, 9.17) is 4.74 Å². The lowest BCUT2D eigenvalue weighted by Gasteiger charge is -2.09. The first-order valence-electron chi connectivity index (χ1n) is 4.72. The van der Waals surface area contributed by atoms with Crippen LogP contribution in [0.1, 0.15) is 12.5 Å². The third-order valence-corrected chi connectivity index (χ3v) is 1.97. The number of methoxy groups -OCH3 is 1. The monoisotopic (exact) mass is 205 g/mol. The molecule has 0 aliphatic rings. The Morgan fingerprint density at radius 2 is 2.33 bits per heavy atom. The van der Waals surface area contributed by atoms with Crippen molar-refractivity contribution in [1.82, 2.24) is 0 Å². The van der Waals surface area contributed by atoms with Crippen molar-refractivity contribution in [2.45, 2.75) is 13.3 Å². The Labute approximate surface area is 89.8 Å². The molecule has 0 spiro atoms. The van der Waals surface area contributed by atoms with Gasteiger partial charge in [0.25, 0.3) is 0 Å². The van der Waals surface area contributed by atoms with Gasteiger partial charge in [-0.25, -0.2) is 0 Å². The maximum atomic E-state index is 10.9. The predicted molar refractivity (Wildman–Crippen MR) is 61.2 cm³/mol. The van der Waals surface area contributed by atoms with E-state index in [1.165, 1.54) is 6.92 Å². The van der Waals surface area contributed by atoms with Crippen molar-refractivity contribution in [2.75, 3.05) is 12.4 Å². The standard InChI is InChI=1S/C12H15NO2/c1-4-5-10-6-7-11(13-9(2)14)8-12(10)15-3/h4,6-8H,1,5H2,2-3H3,(H,13,14). The maximum Gasteiger partial charge on any atom is 0.221 e. The summed E-state index contributed by atoms with van der Waals surface area (Å²) in [7, 11) is 1.61. The summed E-state index contributed by atoms with van der Waals surface area (Å²) in [5.41, 5.74) is 1.80.